The van der Waals surface area contributed by atoms with Crippen LogP contribution in [0.15, 0.2) is 18.2 Å². The Bertz CT molecular complexity index is 388. The summed E-state index contributed by atoms with van der Waals surface area (Å²) in [6.07, 6.45) is 0.954. The van der Waals surface area contributed by atoms with Crippen molar-refractivity contribution in [2.45, 2.75) is 26.9 Å². The third-order valence-corrected chi connectivity index (χ3v) is 2.37. The number of ether oxygens (including phenoxy) is 1. The number of hydrogen-bond donors (Lipinski definition) is 1. The fourth-order valence-electron chi connectivity index (χ4n) is 1.33. The van der Waals surface area contributed by atoms with Gasteiger partial charge < -0.3 is 9.84 Å². The van der Waals surface area contributed by atoms with Crippen LogP contribution in [0, 0.1) is 11.7 Å². The van der Waals surface area contributed by atoms with E-state index in [-0.39, 0.29) is 5.56 Å². The summed E-state index contributed by atoms with van der Waals surface area (Å²) in [4.78, 5) is 10.6. The van der Waals surface area contributed by atoms with Crippen molar-refractivity contribution < 1.29 is 19.0 Å². The van der Waals surface area contributed by atoms with E-state index in [0.29, 0.717) is 24.7 Å². The average molecular weight is 240 g/mol. The SMILES string of the molecule is CC(C)CCOCc1ccc(C(=O)O)c(F)c1. The highest BCUT2D eigenvalue weighted by molar-refractivity contribution is 5.87. The lowest BCUT2D eigenvalue weighted by Gasteiger charge is -2.07. The quantitative estimate of drug-likeness (QED) is 0.777. The molecular weight excluding hydrogens is 223 g/mol. The van der Waals surface area contributed by atoms with Gasteiger partial charge in [-0.3, -0.25) is 0 Å². The Kier molecular flexibility index (Phi) is 5.10. The molecule has 0 amide bonds. The third-order valence-electron chi connectivity index (χ3n) is 2.37. The van der Waals surface area contributed by atoms with Crippen LogP contribution in [0.5, 0.6) is 0 Å². The van der Waals surface area contributed by atoms with Crippen LogP contribution in [0.3, 0.4) is 0 Å². The maximum Gasteiger partial charge on any atom is 0.338 e. The van der Waals surface area contributed by atoms with Gasteiger partial charge in [-0.25, -0.2) is 9.18 Å². The molecule has 0 aliphatic heterocycles. The molecule has 0 radical (unpaired) electrons. The van der Waals surface area contributed by atoms with Crippen molar-refractivity contribution in [1.29, 1.82) is 0 Å². The van der Waals surface area contributed by atoms with Crippen molar-refractivity contribution in [3.8, 4) is 0 Å². The Balaban J connectivity index is 2.50. The van der Waals surface area contributed by atoms with E-state index >= 15 is 0 Å². The van der Waals surface area contributed by atoms with Gasteiger partial charge in [0.25, 0.3) is 0 Å². The number of hydrogen-bond acceptors (Lipinski definition) is 2. The van der Waals surface area contributed by atoms with Crippen molar-refractivity contribution in [1.82, 2.24) is 0 Å². The number of benzene rings is 1. The van der Waals surface area contributed by atoms with Gasteiger partial charge in [0.15, 0.2) is 0 Å². The number of carboxylic acids is 1. The van der Waals surface area contributed by atoms with Gasteiger partial charge in [-0.15, -0.1) is 0 Å². The first-order valence-corrected chi connectivity index (χ1v) is 5.60. The van der Waals surface area contributed by atoms with E-state index in [9.17, 15) is 9.18 Å². The highest BCUT2D eigenvalue weighted by Crippen LogP contribution is 2.12. The van der Waals surface area contributed by atoms with E-state index in [1.807, 2.05) is 0 Å². The van der Waals surface area contributed by atoms with E-state index in [0.717, 1.165) is 6.42 Å². The number of carboxylic acid groups (broad SMARTS) is 1. The molecule has 3 nitrogen and oxygen atoms in total. The zero-order chi connectivity index (χ0) is 12.8. The van der Waals surface area contributed by atoms with Crippen LogP contribution >= 0.6 is 0 Å². The van der Waals surface area contributed by atoms with E-state index in [1.54, 1.807) is 6.07 Å². The van der Waals surface area contributed by atoms with Crippen LogP contribution in [0.2, 0.25) is 0 Å². The van der Waals surface area contributed by atoms with E-state index in [1.165, 1.54) is 12.1 Å². The molecule has 1 N–H and O–H groups in total. The second-order valence-corrected chi connectivity index (χ2v) is 4.35. The van der Waals surface area contributed by atoms with Crippen molar-refractivity contribution in [3.05, 3.63) is 35.1 Å². The van der Waals surface area contributed by atoms with Crippen molar-refractivity contribution in [2.75, 3.05) is 6.61 Å². The lowest BCUT2D eigenvalue weighted by Crippen LogP contribution is -2.03. The first-order chi connectivity index (χ1) is 8.00. The molecule has 94 valence electrons. The molecule has 0 aliphatic carbocycles. The van der Waals surface area contributed by atoms with Gasteiger partial charge in [-0.1, -0.05) is 19.9 Å². The first kappa shape index (κ1) is 13.6. The third kappa shape index (κ3) is 4.53. The second-order valence-electron chi connectivity index (χ2n) is 4.35. The van der Waals surface area contributed by atoms with Crippen LogP contribution in [-0.2, 0) is 11.3 Å². The highest BCUT2D eigenvalue weighted by Gasteiger charge is 2.10. The normalized spacial score (nSPS) is 10.8. The monoisotopic (exact) mass is 240 g/mol. The minimum Gasteiger partial charge on any atom is -0.478 e. The molecule has 0 saturated carbocycles. The average Bonchev–Trinajstić information content (AvgIpc) is 2.23. The Morgan fingerprint density at radius 2 is 2.18 bits per heavy atom. The Morgan fingerprint density at radius 1 is 1.47 bits per heavy atom. The molecule has 0 unspecified atom stereocenters. The van der Waals surface area contributed by atoms with E-state index in [2.05, 4.69) is 13.8 Å². The molecule has 0 heterocycles. The van der Waals surface area contributed by atoms with Crippen molar-refractivity contribution >= 4 is 5.97 Å². The molecule has 1 aromatic carbocycles. The molecular formula is C13H17FO3. The second kappa shape index (κ2) is 6.35. The molecule has 17 heavy (non-hydrogen) atoms. The molecule has 0 spiro atoms. The summed E-state index contributed by atoms with van der Waals surface area (Å²) in [5.41, 5.74) is 0.340. The largest absolute Gasteiger partial charge is 0.478 e. The lowest BCUT2D eigenvalue weighted by atomic mass is 10.1. The maximum absolute atomic E-state index is 13.3. The summed E-state index contributed by atoms with van der Waals surface area (Å²) in [6.45, 7) is 5.14. The van der Waals surface area contributed by atoms with Gasteiger partial charge in [-0.05, 0) is 30.0 Å². The number of carbonyl (C=O) groups is 1. The van der Waals surface area contributed by atoms with Gasteiger partial charge in [0, 0.05) is 6.61 Å². The summed E-state index contributed by atoms with van der Waals surface area (Å²) < 4.78 is 18.7. The zero-order valence-electron chi connectivity index (χ0n) is 10.1. The van der Waals surface area contributed by atoms with Crippen LogP contribution in [0.1, 0.15) is 36.2 Å². The first-order valence-electron chi connectivity index (χ1n) is 5.60. The molecule has 4 heteroatoms. The van der Waals surface area contributed by atoms with Crippen LogP contribution in [0.4, 0.5) is 4.39 Å². The van der Waals surface area contributed by atoms with Crippen LogP contribution in [0.25, 0.3) is 0 Å². The highest BCUT2D eigenvalue weighted by atomic mass is 19.1. The number of rotatable bonds is 6. The molecule has 1 aromatic rings. The van der Waals surface area contributed by atoms with Crippen molar-refractivity contribution in [2.24, 2.45) is 5.92 Å². The standard InChI is InChI=1S/C13H17FO3/c1-9(2)5-6-17-8-10-3-4-11(13(15)16)12(14)7-10/h3-4,7,9H,5-6,8H2,1-2H3,(H,15,16). The fraction of sp³-hybridized carbons (Fsp3) is 0.462. The summed E-state index contributed by atoms with van der Waals surface area (Å²) in [7, 11) is 0. The number of aromatic carboxylic acids is 1. The molecule has 0 saturated heterocycles. The minimum atomic E-state index is -1.25. The summed E-state index contributed by atoms with van der Waals surface area (Å²) in [6, 6.07) is 4.04. The summed E-state index contributed by atoms with van der Waals surface area (Å²) in [5.74, 6) is -1.40. The lowest BCUT2D eigenvalue weighted by molar-refractivity contribution is 0.0691. The zero-order valence-corrected chi connectivity index (χ0v) is 10.1. The molecule has 0 aromatic heterocycles. The van der Waals surface area contributed by atoms with Crippen LogP contribution < -0.4 is 0 Å². The summed E-state index contributed by atoms with van der Waals surface area (Å²) in [5, 5.41) is 8.66. The molecule has 0 fully saturated rings. The van der Waals surface area contributed by atoms with E-state index < -0.39 is 11.8 Å². The van der Waals surface area contributed by atoms with Gasteiger partial charge >= 0.3 is 5.97 Å². The minimum absolute atomic E-state index is 0.309. The van der Waals surface area contributed by atoms with Crippen molar-refractivity contribution in [3.63, 3.8) is 0 Å². The van der Waals surface area contributed by atoms with Gasteiger partial charge in [0.1, 0.15) is 5.82 Å². The number of halogens is 1. The maximum atomic E-state index is 13.3. The van der Waals surface area contributed by atoms with Crippen LogP contribution in [-0.4, -0.2) is 17.7 Å². The van der Waals surface area contributed by atoms with Gasteiger partial charge in [-0.2, -0.15) is 0 Å². The molecule has 0 bridgehead atoms. The Morgan fingerprint density at radius 3 is 2.71 bits per heavy atom. The van der Waals surface area contributed by atoms with E-state index in [4.69, 9.17) is 9.84 Å². The Labute approximate surface area is 100 Å². The predicted octanol–water partition coefficient (Wildman–Crippen LogP) is 3.09. The smallest absolute Gasteiger partial charge is 0.338 e. The Hall–Kier alpha value is -1.42. The van der Waals surface area contributed by atoms with Gasteiger partial charge in [0.2, 0.25) is 0 Å². The predicted molar refractivity (Wildman–Crippen MR) is 62.5 cm³/mol. The molecule has 0 aliphatic rings. The molecule has 1 rings (SSSR count). The van der Waals surface area contributed by atoms with Gasteiger partial charge in [0.05, 0.1) is 12.2 Å². The fourth-order valence-corrected chi connectivity index (χ4v) is 1.33. The molecule has 0 atom stereocenters. The topological polar surface area (TPSA) is 46.5 Å². The summed E-state index contributed by atoms with van der Waals surface area (Å²) >= 11 is 0.